The fourth-order valence-corrected chi connectivity index (χ4v) is 2.74. The van der Waals surface area contributed by atoms with Crippen LogP contribution in [0.1, 0.15) is 5.56 Å². The second kappa shape index (κ2) is 6.29. The highest BCUT2D eigenvalue weighted by Gasteiger charge is 2.22. The third kappa shape index (κ3) is 4.43. The molecule has 0 aliphatic carbocycles. The van der Waals surface area contributed by atoms with Crippen molar-refractivity contribution < 1.29 is 8.42 Å². The lowest BCUT2D eigenvalue weighted by molar-refractivity contribution is 0.204. The van der Waals surface area contributed by atoms with Gasteiger partial charge in [-0.3, -0.25) is 4.90 Å². The van der Waals surface area contributed by atoms with Crippen LogP contribution >= 0.6 is 0 Å². The van der Waals surface area contributed by atoms with E-state index >= 15 is 0 Å². The molecule has 0 radical (unpaired) electrons. The molecule has 1 aliphatic heterocycles. The van der Waals surface area contributed by atoms with Crippen LogP contribution in [-0.4, -0.2) is 50.3 Å². The van der Waals surface area contributed by atoms with Crippen LogP contribution in [0.5, 0.6) is 0 Å². The molecule has 2 rings (SSSR count). The van der Waals surface area contributed by atoms with E-state index in [2.05, 4.69) is 29.2 Å². The molecule has 0 aromatic heterocycles. The smallest absolute Gasteiger partial charge is 0.276 e. The summed E-state index contributed by atoms with van der Waals surface area (Å²) in [5, 5.41) is 5.10. The summed E-state index contributed by atoms with van der Waals surface area (Å²) < 4.78 is 23.7. The van der Waals surface area contributed by atoms with Crippen LogP contribution in [0.2, 0.25) is 0 Å². The Morgan fingerprint density at radius 2 is 1.74 bits per heavy atom. The van der Waals surface area contributed by atoms with Gasteiger partial charge in [0.05, 0.1) is 0 Å². The number of benzene rings is 1. The largest absolute Gasteiger partial charge is 0.297 e. The summed E-state index contributed by atoms with van der Waals surface area (Å²) in [5.74, 6) is 0. The lowest BCUT2D eigenvalue weighted by Crippen LogP contribution is -2.50. The van der Waals surface area contributed by atoms with E-state index in [4.69, 9.17) is 5.14 Å². The highest BCUT2D eigenvalue weighted by Crippen LogP contribution is 2.05. The number of piperazine rings is 1. The molecule has 1 fully saturated rings. The Kier molecular flexibility index (Phi) is 4.71. The van der Waals surface area contributed by atoms with Gasteiger partial charge in [-0.1, -0.05) is 42.5 Å². The summed E-state index contributed by atoms with van der Waals surface area (Å²) in [5.41, 5.74) is 1.17. The van der Waals surface area contributed by atoms with Crippen LogP contribution in [0.4, 0.5) is 0 Å². The normalized spacial score (nSPS) is 19.0. The quantitative estimate of drug-likeness (QED) is 0.875. The Labute approximate surface area is 114 Å². The minimum absolute atomic E-state index is 0.470. The summed E-state index contributed by atoms with van der Waals surface area (Å²) in [7, 11) is -3.52. The van der Waals surface area contributed by atoms with Gasteiger partial charge in [-0.15, -0.1) is 0 Å². The minimum atomic E-state index is -3.52. The Bertz CT molecular complexity index is 520. The Hall–Kier alpha value is -1.21. The van der Waals surface area contributed by atoms with Gasteiger partial charge in [0.2, 0.25) is 0 Å². The van der Waals surface area contributed by atoms with E-state index in [1.54, 1.807) is 0 Å². The third-order valence-corrected chi connectivity index (χ3v) is 4.25. The molecule has 0 saturated carbocycles. The van der Waals surface area contributed by atoms with E-state index in [0.717, 1.165) is 19.6 Å². The van der Waals surface area contributed by atoms with E-state index in [1.165, 1.54) is 9.87 Å². The number of rotatable bonds is 4. The minimum Gasteiger partial charge on any atom is -0.297 e. The first-order valence-electron chi connectivity index (χ1n) is 6.27. The molecule has 1 aromatic rings. The molecule has 104 valence electrons. The van der Waals surface area contributed by atoms with Crippen molar-refractivity contribution in [3.63, 3.8) is 0 Å². The molecule has 6 heteroatoms. The lowest BCUT2D eigenvalue weighted by Gasteiger charge is -2.32. The summed E-state index contributed by atoms with van der Waals surface area (Å²) in [6.45, 7) is 3.20. The second-order valence-electron chi connectivity index (χ2n) is 4.56. The van der Waals surface area contributed by atoms with Gasteiger partial charge in [-0.2, -0.15) is 12.7 Å². The molecule has 0 unspecified atom stereocenters. The maximum absolute atomic E-state index is 11.2. The topological polar surface area (TPSA) is 66.6 Å². The molecule has 1 heterocycles. The van der Waals surface area contributed by atoms with Gasteiger partial charge in [-0.05, 0) is 5.56 Å². The van der Waals surface area contributed by atoms with Gasteiger partial charge in [0.15, 0.2) is 0 Å². The molecular formula is C13H19N3O2S. The van der Waals surface area contributed by atoms with Crippen molar-refractivity contribution in [1.82, 2.24) is 9.21 Å². The molecule has 1 aliphatic rings. The number of nitrogens with two attached hydrogens (primary N) is 1. The number of hydrogen-bond donors (Lipinski definition) is 1. The van der Waals surface area contributed by atoms with E-state index in [9.17, 15) is 8.42 Å². The van der Waals surface area contributed by atoms with Gasteiger partial charge in [0.1, 0.15) is 0 Å². The zero-order valence-electron chi connectivity index (χ0n) is 10.8. The maximum atomic E-state index is 11.2. The first kappa shape index (κ1) is 14.2. The van der Waals surface area contributed by atoms with Crippen molar-refractivity contribution in [2.45, 2.75) is 0 Å². The Morgan fingerprint density at radius 3 is 2.32 bits per heavy atom. The van der Waals surface area contributed by atoms with Gasteiger partial charge in [0, 0.05) is 32.7 Å². The highest BCUT2D eigenvalue weighted by atomic mass is 32.2. The first-order valence-corrected chi connectivity index (χ1v) is 7.78. The average Bonchev–Trinajstić information content (AvgIpc) is 2.39. The van der Waals surface area contributed by atoms with Crippen molar-refractivity contribution >= 4 is 16.3 Å². The highest BCUT2D eigenvalue weighted by molar-refractivity contribution is 7.86. The van der Waals surface area contributed by atoms with Crippen LogP contribution in [0.15, 0.2) is 36.4 Å². The molecule has 2 N–H and O–H groups in total. The van der Waals surface area contributed by atoms with Crippen LogP contribution in [0.25, 0.3) is 6.08 Å². The molecular weight excluding hydrogens is 262 g/mol. The standard InChI is InChI=1S/C13H19N3O2S/c14-19(17,18)16-11-9-15(10-12-16)8-4-7-13-5-2-1-3-6-13/h1-7H,8-12H2,(H2,14,17,18). The maximum Gasteiger partial charge on any atom is 0.276 e. The summed E-state index contributed by atoms with van der Waals surface area (Å²) in [4.78, 5) is 2.21. The molecule has 0 amide bonds. The Balaban J connectivity index is 1.79. The third-order valence-electron chi connectivity index (χ3n) is 3.16. The van der Waals surface area contributed by atoms with Gasteiger partial charge in [0.25, 0.3) is 10.2 Å². The van der Waals surface area contributed by atoms with Gasteiger partial charge in [-0.25, -0.2) is 5.14 Å². The molecule has 1 saturated heterocycles. The number of hydrogen-bond acceptors (Lipinski definition) is 3. The fraction of sp³-hybridized carbons (Fsp3) is 0.385. The van der Waals surface area contributed by atoms with Crippen LogP contribution in [0.3, 0.4) is 0 Å². The van der Waals surface area contributed by atoms with Gasteiger partial charge >= 0.3 is 0 Å². The van der Waals surface area contributed by atoms with E-state index in [1.807, 2.05) is 18.2 Å². The summed E-state index contributed by atoms with van der Waals surface area (Å²) in [6, 6.07) is 10.1. The first-order chi connectivity index (χ1) is 9.05. The predicted molar refractivity (Wildman–Crippen MR) is 76.6 cm³/mol. The molecule has 5 nitrogen and oxygen atoms in total. The molecule has 0 bridgehead atoms. The van der Waals surface area contributed by atoms with Crippen LogP contribution in [0, 0.1) is 0 Å². The van der Waals surface area contributed by atoms with Gasteiger partial charge < -0.3 is 0 Å². The van der Waals surface area contributed by atoms with Crippen molar-refractivity contribution in [2.24, 2.45) is 5.14 Å². The van der Waals surface area contributed by atoms with E-state index in [-0.39, 0.29) is 0 Å². The molecule has 0 atom stereocenters. The van der Waals surface area contributed by atoms with E-state index < -0.39 is 10.2 Å². The lowest BCUT2D eigenvalue weighted by atomic mass is 10.2. The van der Waals surface area contributed by atoms with E-state index in [0.29, 0.717) is 13.1 Å². The van der Waals surface area contributed by atoms with Crippen molar-refractivity contribution in [3.8, 4) is 0 Å². The zero-order chi connectivity index (χ0) is 13.7. The predicted octanol–water partition coefficient (Wildman–Crippen LogP) is 0.521. The van der Waals surface area contributed by atoms with Crippen molar-refractivity contribution in [1.29, 1.82) is 0 Å². The summed E-state index contributed by atoms with van der Waals surface area (Å²) in [6.07, 6.45) is 4.17. The summed E-state index contributed by atoms with van der Waals surface area (Å²) >= 11 is 0. The van der Waals surface area contributed by atoms with Crippen LogP contribution in [-0.2, 0) is 10.2 Å². The molecule has 1 aromatic carbocycles. The molecule has 19 heavy (non-hydrogen) atoms. The Morgan fingerprint density at radius 1 is 1.11 bits per heavy atom. The van der Waals surface area contributed by atoms with Crippen molar-refractivity contribution in [3.05, 3.63) is 42.0 Å². The monoisotopic (exact) mass is 281 g/mol. The fourth-order valence-electron chi connectivity index (χ4n) is 2.07. The SMILES string of the molecule is NS(=O)(=O)N1CCN(CC=Cc2ccccc2)CC1. The molecule has 0 spiro atoms. The number of nitrogens with zero attached hydrogens (tertiary/aromatic N) is 2. The van der Waals surface area contributed by atoms with Crippen molar-refractivity contribution in [2.75, 3.05) is 32.7 Å². The average molecular weight is 281 g/mol. The second-order valence-corrected chi connectivity index (χ2v) is 6.10. The zero-order valence-corrected chi connectivity index (χ0v) is 11.6. The van der Waals surface area contributed by atoms with Crippen LogP contribution < -0.4 is 5.14 Å².